The second-order valence-corrected chi connectivity index (χ2v) is 4.53. The summed E-state index contributed by atoms with van der Waals surface area (Å²) in [5.74, 6) is 0. The first-order valence-corrected chi connectivity index (χ1v) is 6.16. The maximum atomic E-state index is 10.7. The number of rotatable bonds is 6. The summed E-state index contributed by atoms with van der Waals surface area (Å²) in [7, 11) is -2.86. The molecular weight excluding hydrogens is 244 g/mol. The summed E-state index contributed by atoms with van der Waals surface area (Å²) in [4.78, 5) is 0. The molecule has 6 nitrogen and oxygen atoms in total. The lowest BCUT2D eigenvalue weighted by atomic mass is 10.2. The third-order valence-corrected chi connectivity index (χ3v) is 2.66. The van der Waals surface area contributed by atoms with Crippen LogP contribution in [0.1, 0.15) is 5.56 Å². The first kappa shape index (κ1) is 13.6. The highest BCUT2D eigenvalue weighted by atomic mass is 32.3. The molecule has 7 heteroatoms. The first-order valence-electron chi connectivity index (χ1n) is 4.83. The van der Waals surface area contributed by atoms with E-state index in [-0.39, 0.29) is 6.61 Å². The van der Waals surface area contributed by atoms with Crippen LogP contribution in [0, 0.1) is 6.92 Å². The first-order chi connectivity index (χ1) is 8.03. The summed E-state index contributed by atoms with van der Waals surface area (Å²) >= 11 is 0. The highest BCUT2D eigenvalue weighted by Gasteiger charge is 2.06. The maximum absolute atomic E-state index is 10.7. The van der Waals surface area contributed by atoms with E-state index < -0.39 is 10.4 Å². The highest BCUT2D eigenvalue weighted by molar-refractivity contribution is 7.81. The molecule has 0 unspecified atom stereocenters. The molecule has 1 N–H and O–H groups in total. The third-order valence-electron chi connectivity index (χ3n) is 1.83. The van der Waals surface area contributed by atoms with Crippen molar-refractivity contribution in [3.8, 4) is 0 Å². The number of anilines is 1. The van der Waals surface area contributed by atoms with Crippen molar-refractivity contribution in [1.82, 2.24) is 0 Å². The molecule has 94 valence electrons. The Morgan fingerprint density at radius 3 is 2.59 bits per heavy atom. The molecule has 17 heavy (non-hydrogen) atoms. The van der Waals surface area contributed by atoms with Crippen LogP contribution in [0.5, 0.6) is 0 Å². The molecule has 0 aromatic heterocycles. The number of benzene rings is 1. The minimum atomic E-state index is -3.89. The molecule has 0 saturated carbocycles. The molecule has 0 radical (unpaired) electrons. The zero-order valence-corrected chi connectivity index (χ0v) is 10.4. The summed E-state index contributed by atoms with van der Waals surface area (Å²) in [5.41, 5.74) is 4.68. The highest BCUT2D eigenvalue weighted by Crippen LogP contribution is 2.07. The van der Waals surface area contributed by atoms with Crippen LogP contribution < -0.4 is 5.43 Å². The molecule has 0 bridgehead atoms. The number of hydrogen-bond acceptors (Lipinski definition) is 6. The van der Waals surface area contributed by atoms with Gasteiger partial charge in [-0.2, -0.15) is 13.5 Å². The third kappa shape index (κ3) is 5.43. The second kappa shape index (κ2) is 6.33. The van der Waals surface area contributed by atoms with Crippen LogP contribution in [-0.2, 0) is 18.8 Å². The van der Waals surface area contributed by atoms with E-state index in [4.69, 9.17) is 0 Å². The Kier molecular flexibility index (Phi) is 5.08. The molecule has 1 aromatic carbocycles. The molecule has 0 spiro atoms. The number of nitrogens with one attached hydrogen (secondary N) is 1. The molecule has 0 aliphatic carbocycles. The van der Waals surface area contributed by atoms with Crippen molar-refractivity contribution >= 4 is 22.3 Å². The van der Waals surface area contributed by atoms with Gasteiger partial charge in [0.2, 0.25) is 0 Å². The van der Waals surface area contributed by atoms with Crippen LogP contribution in [0.3, 0.4) is 0 Å². The van der Waals surface area contributed by atoms with E-state index in [0.717, 1.165) is 18.4 Å². The predicted octanol–water partition coefficient (Wildman–Crippen LogP) is 1.30. The molecule has 0 atom stereocenters. The Morgan fingerprint density at radius 1 is 1.35 bits per heavy atom. The topological polar surface area (TPSA) is 77.0 Å². The van der Waals surface area contributed by atoms with Crippen LogP contribution in [-0.4, -0.2) is 28.3 Å². The van der Waals surface area contributed by atoms with Gasteiger partial charge in [-0.25, -0.2) is 4.18 Å². The average Bonchev–Trinajstić information content (AvgIpc) is 2.31. The SMILES string of the molecule is COS(=O)(=O)OC/C=N/Nc1ccc(C)cc1. The van der Waals surface area contributed by atoms with Crippen LogP contribution in [0.25, 0.3) is 0 Å². The normalized spacial score (nSPS) is 11.9. The molecule has 0 heterocycles. The van der Waals surface area contributed by atoms with E-state index in [1.165, 1.54) is 6.21 Å². The Hall–Kier alpha value is -1.44. The zero-order chi connectivity index (χ0) is 12.7. The lowest BCUT2D eigenvalue weighted by Crippen LogP contribution is -2.09. The Labute approximate surface area is 101 Å². The fourth-order valence-electron chi connectivity index (χ4n) is 0.947. The van der Waals surface area contributed by atoms with Gasteiger partial charge in [-0.1, -0.05) is 17.7 Å². The van der Waals surface area contributed by atoms with Crippen LogP contribution in [0.2, 0.25) is 0 Å². The van der Waals surface area contributed by atoms with Crippen molar-refractivity contribution in [3.05, 3.63) is 29.8 Å². The van der Waals surface area contributed by atoms with E-state index in [0.29, 0.717) is 0 Å². The minimum Gasteiger partial charge on any atom is -0.279 e. The molecule has 0 aliphatic heterocycles. The summed E-state index contributed by atoms with van der Waals surface area (Å²) in [6.07, 6.45) is 1.29. The van der Waals surface area contributed by atoms with Crippen LogP contribution in [0.4, 0.5) is 5.69 Å². The van der Waals surface area contributed by atoms with Crippen molar-refractivity contribution in [2.75, 3.05) is 19.1 Å². The van der Waals surface area contributed by atoms with Gasteiger partial charge in [0.25, 0.3) is 0 Å². The van der Waals surface area contributed by atoms with Crippen molar-refractivity contribution in [2.45, 2.75) is 6.92 Å². The fourth-order valence-corrected chi connectivity index (χ4v) is 1.27. The van der Waals surface area contributed by atoms with E-state index in [1.54, 1.807) is 0 Å². The molecule has 0 fully saturated rings. The van der Waals surface area contributed by atoms with E-state index >= 15 is 0 Å². The van der Waals surface area contributed by atoms with E-state index in [2.05, 4.69) is 18.9 Å². The predicted molar refractivity (Wildman–Crippen MR) is 65.2 cm³/mol. The molecule has 0 aliphatic rings. The van der Waals surface area contributed by atoms with Gasteiger partial charge in [-0.3, -0.25) is 9.61 Å². The van der Waals surface area contributed by atoms with E-state index in [9.17, 15) is 8.42 Å². The Balaban J connectivity index is 2.34. The van der Waals surface area contributed by atoms with Gasteiger partial charge < -0.3 is 0 Å². The van der Waals surface area contributed by atoms with Crippen LogP contribution >= 0.6 is 0 Å². The summed E-state index contributed by atoms with van der Waals surface area (Å²) in [6, 6.07) is 7.59. The molecular formula is C10H14N2O4S. The van der Waals surface area contributed by atoms with Gasteiger partial charge in [0.05, 0.1) is 19.0 Å². The molecule has 1 rings (SSSR count). The minimum absolute atomic E-state index is 0.185. The lowest BCUT2D eigenvalue weighted by Gasteiger charge is -2.00. The standard InChI is InChI=1S/C10H14N2O4S/c1-9-3-5-10(6-4-9)12-11-7-8-16-17(13,14)15-2/h3-7,12H,8H2,1-2H3/b11-7+. The van der Waals surface area contributed by atoms with Crippen molar-refractivity contribution in [3.63, 3.8) is 0 Å². The Bertz CT molecular complexity index is 468. The largest absolute Gasteiger partial charge is 0.399 e. The summed E-state index contributed by atoms with van der Waals surface area (Å²) in [5, 5.41) is 3.79. The monoisotopic (exact) mass is 258 g/mol. The zero-order valence-electron chi connectivity index (χ0n) is 9.58. The number of nitrogens with zero attached hydrogens (tertiary/aromatic N) is 1. The fraction of sp³-hybridized carbons (Fsp3) is 0.300. The quantitative estimate of drug-likeness (QED) is 0.614. The van der Waals surface area contributed by atoms with Gasteiger partial charge >= 0.3 is 10.4 Å². The smallest absolute Gasteiger partial charge is 0.279 e. The average molecular weight is 258 g/mol. The summed E-state index contributed by atoms with van der Waals surface area (Å²) < 4.78 is 30.0. The van der Waals surface area contributed by atoms with Crippen molar-refractivity contribution < 1.29 is 16.8 Å². The van der Waals surface area contributed by atoms with Gasteiger partial charge in [-0.05, 0) is 19.1 Å². The van der Waals surface area contributed by atoms with Gasteiger partial charge in [0.15, 0.2) is 0 Å². The van der Waals surface area contributed by atoms with Gasteiger partial charge in [0, 0.05) is 0 Å². The van der Waals surface area contributed by atoms with Crippen molar-refractivity contribution in [1.29, 1.82) is 0 Å². The number of hydrazone groups is 1. The number of aryl methyl sites for hydroxylation is 1. The molecule has 0 saturated heterocycles. The summed E-state index contributed by atoms with van der Waals surface area (Å²) in [6.45, 7) is 1.80. The van der Waals surface area contributed by atoms with Gasteiger partial charge in [-0.15, -0.1) is 0 Å². The van der Waals surface area contributed by atoms with Crippen LogP contribution in [0.15, 0.2) is 29.4 Å². The lowest BCUT2D eigenvalue weighted by molar-refractivity contribution is 0.272. The Morgan fingerprint density at radius 2 is 2.00 bits per heavy atom. The van der Waals surface area contributed by atoms with E-state index in [1.807, 2.05) is 31.2 Å². The maximum Gasteiger partial charge on any atom is 0.399 e. The molecule has 0 amide bonds. The number of hydrogen-bond donors (Lipinski definition) is 1. The van der Waals surface area contributed by atoms with Crippen molar-refractivity contribution in [2.24, 2.45) is 5.10 Å². The molecule has 1 aromatic rings. The van der Waals surface area contributed by atoms with Gasteiger partial charge in [0.1, 0.15) is 6.61 Å². The second-order valence-electron chi connectivity index (χ2n) is 3.15.